The molecule has 3 rings (SSSR count). The van der Waals surface area contributed by atoms with Crippen molar-refractivity contribution < 1.29 is 29.1 Å². The van der Waals surface area contributed by atoms with Gasteiger partial charge in [-0.1, -0.05) is 76.2 Å². The van der Waals surface area contributed by atoms with Crippen LogP contribution in [0.5, 0.6) is 0 Å². The van der Waals surface area contributed by atoms with Gasteiger partial charge in [-0.2, -0.15) is 0 Å². The maximum atomic E-state index is 11.6. The number of rotatable bonds is 12. The third-order valence-corrected chi connectivity index (χ3v) is 6.50. The summed E-state index contributed by atoms with van der Waals surface area (Å²) in [5.41, 5.74) is -0.931. The van der Waals surface area contributed by atoms with Crippen LogP contribution in [0, 0.1) is 0 Å². The molecule has 0 radical (unpaired) electrons. The van der Waals surface area contributed by atoms with E-state index in [0.29, 0.717) is 6.42 Å². The molecule has 0 aromatic rings. The fourth-order valence-electron chi connectivity index (χ4n) is 4.72. The molecule has 6 nitrogen and oxygen atoms in total. The number of carbonyl (C=O) groups is 1. The van der Waals surface area contributed by atoms with Gasteiger partial charge in [0.1, 0.15) is 29.5 Å². The van der Waals surface area contributed by atoms with Crippen molar-refractivity contribution in [2.24, 2.45) is 0 Å². The Labute approximate surface area is 187 Å². The fraction of sp³-hybridized carbons (Fsp3) is 0.800. The maximum absolute atomic E-state index is 11.6. The van der Waals surface area contributed by atoms with Crippen LogP contribution in [0.2, 0.25) is 0 Å². The smallest absolute Gasteiger partial charge is 0.309 e. The Morgan fingerprint density at radius 2 is 1.81 bits per heavy atom. The molecule has 6 heteroatoms. The van der Waals surface area contributed by atoms with Gasteiger partial charge in [-0.3, -0.25) is 4.79 Å². The summed E-state index contributed by atoms with van der Waals surface area (Å²) in [4.78, 5) is 33.7. The van der Waals surface area contributed by atoms with Crippen LogP contribution in [0.15, 0.2) is 24.3 Å². The molecule has 2 fully saturated rings. The normalized spacial score (nSPS) is 35.5. The lowest BCUT2D eigenvalue weighted by atomic mass is 9.82. The molecule has 0 bridgehead atoms. The number of fused-ring (bicyclic) bond motifs is 1. The molecule has 3 aliphatic heterocycles. The Balaban J connectivity index is 1.21. The number of ether oxygens (including phenoxy) is 1. The van der Waals surface area contributed by atoms with Crippen molar-refractivity contribution >= 4 is 5.97 Å². The van der Waals surface area contributed by atoms with Crippen LogP contribution < -0.4 is 0 Å². The van der Waals surface area contributed by atoms with Crippen LogP contribution in [-0.2, 0) is 29.1 Å². The minimum atomic E-state index is -0.546. The van der Waals surface area contributed by atoms with Gasteiger partial charge in [-0.15, -0.1) is 0 Å². The Morgan fingerprint density at radius 1 is 1.03 bits per heavy atom. The van der Waals surface area contributed by atoms with E-state index in [9.17, 15) is 4.79 Å². The number of carbonyl (C=O) groups excluding carboxylic acids is 1. The molecule has 0 aliphatic carbocycles. The van der Waals surface area contributed by atoms with Crippen molar-refractivity contribution in [3.05, 3.63) is 24.3 Å². The highest BCUT2D eigenvalue weighted by molar-refractivity contribution is 5.73. The topological polar surface area (TPSA) is 63.2 Å². The zero-order chi connectivity index (χ0) is 22.2. The molecule has 5 atom stereocenters. The van der Waals surface area contributed by atoms with E-state index in [1.807, 2.05) is 6.92 Å². The van der Waals surface area contributed by atoms with Gasteiger partial charge in [0.2, 0.25) is 0 Å². The van der Waals surface area contributed by atoms with E-state index in [2.05, 4.69) is 38.2 Å². The Hall–Kier alpha value is -1.21. The highest BCUT2D eigenvalue weighted by atomic mass is 17.2. The van der Waals surface area contributed by atoms with Gasteiger partial charge in [0, 0.05) is 6.42 Å². The average molecular weight is 437 g/mol. The zero-order valence-corrected chi connectivity index (χ0v) is 19.5. The lowest BCUT2D eigenvalue weighted by Crippen LogP contribution is -2.51. The van der Waals surface area contributed by atoms with Gasteiger partial charge >= 0.3 is 5.97 Å². The van der Waals surface area contributed by atoms with E-state index in [0.717, 1.165) is 38.5 Å². The molecule has 0 spiro atoms. The van der Waals surface area contributed by atoms with Crippen molar-refractivity contribution in [3.63, 3.8) is 0 Å². The Bertz CT molecular complexity index is 632. The number of hydrogen-bond acceptors (Lipinski definition) is 6. The van der Waals surface area contributed by atoms with Crippen LogP contribution in [0.4, 0.5) is 0 Å². The van der Waals surface area contributed by atoms with Crippen molar-refractivity contribution in [1.82, 2.24) is 0 Å². The highest BCUT2D eigenvalue weighted by Gasteiger charge is 2.55. The fourth-order valence-corrected chi connectivity index (χ4v) is 4.72. The summed E-state index contributed by atoms with van der Waals surface area (Å²) in [6.07, 6.45) is 20.4. The molecule has 2 unspecified atom stereocenters. The predicted molar refractivity (Wildman–Crippen MR) is 118 cm³/mol. The average Bonchev–Trinajstić information content (AvgIpc) is 3.03. The van der Waals surface area contributed by atoms with Crippen LogP contribution in [-0.4, -0.2) is 35.5 Å². The minimum absolute atomic E-state index is 0.0441. The first-order chi connectivity index (χ1) is 14.9. The second-order valence-corrected chi connectivity index (χ2v) is 9.74. The predicted octanol–water partition coefficient (Wildman–Crippen LogP) is 5.90. The van der Waals surface area contributed by atoms with Gasteiger partial charge < -0.3 is 4.74 Å². The number of esters is 1. The standard InChI is InChI=1S/C25H40O6/c1-4-5-10-13-20-15-16-21(29-28-20)14-11-8-6-7-9-12-17-24(2)19-25(3)22(30-31-24)18-23(26)27-25/h10,13,15-16,20-22H,4-9,11-12,14,17-19H2,1-3H3/b13-10+/t20?,21?,22-,24-,25-/m0/s1. The molecular weight excluding hydrogens is 396 g/mol. The summed E-state index contributed by atoms with van der Waals surface area (Å²) in [5.74, 6) is -0.190. The number of allylic oxidation sites excluding steroid dienone is 1. The molecule has 3 heterocycles. The maximum Gasteiger partial charge on any atom is 0.309 e. The molecular formula is C25H40O6. The van der Waals surface area contributed by atoms with E-state index >= 15 is 0 Å². The van der Waals surface area contributed by atoms with Crippen LogP contribution >= 0.6 is 0 Å². The van der Waals surface area contributed by atoms with E-state index < -0.39 is 5.60 Å². The molecule has 0 N–H and O–H groups in total. The van der Waals surface area contributed by atoms with E-state index in [-0.39, 0.29) is 36.3 Å². The lowest BCUT2D eigenvalue weighted by Gasteiger charge is -2.43. The Kier molecular flexibility index (Phi) is 9.14. The van der Waals surface area contributed by atoms with Gasteiger partial charge in [-0.05, 0) is 33.1 Å². The van der Waals surface area contributed by atoms with E-state index in [1.54, 1.807) is 0 Å². The minimum Gasteiger partial charge on any atom is -0.456 e. The van der Waals surface area contributed by atoms with E-state index in [4.69, 9.17) is 24.3 Å². The molecule has 3 aliphatic rings. The molecule has 31 heavy (non-hydrogen) atoms. The van der Waals surface area contributed by atoms with Gasteiger partial charge in [-0.25, -0.2) is 19.6 Å². The molecule has 176 valence electrons. The van der Waals surface area contributed by atoms with Crippen LogP contribution in [0.3, 0.4) is 0 Å². The Morgan fingerprint density at radius 3 is 2.55 bits per heavy atom. The quantitative estimate of drug-likeness (QED) is 0.164. The molecule has 0 aromatic heterocycles. The zero-order valence-electron chi connectivity index (χ0n) is 19.5. The highest BCUT2D eigenvalue weighted by Crippen LogP contribution is 2.44. The van der Waals surface area contributed by atoms with Gasteiger partial charge in [0.25, 0.3) is 0 Å². The first-order valence-corrected chi connectivity index (χ1v) is 12.2. The second-order valence-electron chi connectivity index (χ2n) is 9.74. The summed E-state index contributed by atoms with van der Waals surface area (Å²) in [7, 11) is 0. The summed E-state index contributed by atoms with van der Waals surface area (Å²) in [6, 6.07) is 0. The summed E-state index contributed by atoms with van der Waals surface area (Å²) in [5, 5.41) is 0. The SMILES string of the molecule is CCC/C=C/C1C=CC(CCCCCCCC[C@@]2(C)C[C@]3(C)OC(=O)C[C@@H]3OO2)OO1. The first kappa shape index (κ1) is 24.4. The molecule has 0 saturated carbocycles. The van der Waals surface area contributed by atoms with Crippen molar-refractivity contribution in [1.29, 1.82) is 0 Å². The number of unbranched alkanes of at least 4 members (excludes halogenated alkanes) is 6. The molecule has 0 aromatic carbocycles. The summed E-state index contributed by atoms with van der Waals surface area (Å²) in [6.45, 7) is 6.19. The summed E-state index contributed by atoms with van der Waals surface area (Å²) < 4.78 is 5.53. The summed E-state index contributed by atoms with van der Waals surface area (Å²) >= 11 is 0. The van der Waals surface area contributed by atoms with Crippen molar-refractivity contribution in [3.8, 4) is 0 Å². The third kappa shape index (κ3) is 7.41. The largest absolute Gasteiger partial charge is 0.456 e. The first-order valence-electron chi connectivity index (χ1n) is 12.2. The van der Waals surface area contributed by atoms with Gasteiger partial charge in [0.05, 0.1) is 6.42 Å². The second kappa shape index (κ2) is 11.6. The monoisotopic (exact) mass is 436 g/mol. The van der Waals surface area contributed by atoms with Crippen LogP contribution in [0.25, 0.3) is 0 Å². The lowest BCUT2D eigenvalue weighted by molar-refractivity contribution is -0.428. The van der Waals surface area contributed by atoms with Gasteiger partial charge in [0.15, 0.2) is 0 Å². The molecule has 0 amide bonds. The third-order valence-electron chi connectivity index (χ3n) is 6.50. The van der Waals surface area contributed by atoms with Crippen LogP contribution in [0.1, 0.15) is 97.8 Å². The van der Waals surface area contributed by atoms with E-state index in [1.165, 1.54) is 25.7 Å². The van der Waals surface area contributed by atoms with Crippen molar-refractivity contribution in [2.45, 2.75) is 127 Å². The molecule has 2 saturated heterocycles. The van der Waals surface area contributed by atoms with Crippen molar-refractivity contribution in [2.75, 3.05) is 0 Å². The number of hydrogen-bond donors (Lipinski definition) is 0.